The zero-order valence-electron chi connectivity index (χ0n) is 14.7. The highest BCUT2D eigenvalue weighted by Gasteiger charge is 2.19. The Balaban J connectivity index is 1.85. The van der Waals surface area contributed by atoms with E-state index in [-0.39, 0.29) is 11.5 Å². The second kappa shape index (κ2) is 7.04. The fraction of sp³-hybridized carbons (Fsp3) is 0.389. The predicted molar refractivity (Wildman–Crippen MR) is 96.9 cm³/mol. The van der Waals surface area contributed by atoms with E-state index in [4.69, 9.17) is 0 Å². The fourth-order valence-electron chi connectivity index (χ4n) is 2.79. The molecule has 25 heavy (non-hydrogen) atoms. The first-order valence-electron chi connectivity index (χ1n) is 8.32. The molecule has 0 spiro atoms. The summed E-state index contributed by atoms with van der Waals surface area (Å²) in [6, 6.07) is 4.42. The van der Waals surface area contributed by atoms with E-state index in [1.165, 1.54) is 6.07 Å². The number of rotatable bonds is 4. The van der Waals surface area contributed by atoms with Crippen LogP contribution in [0.15, 0.2) is 24.4 Å². The summed E-state index contributed by atoms with van der Waals surface area (Å²) in [4.78, 5) is 25.4. The van der Waals surface area contributed by atoms with Crippen LogP contribution in [0.5, 0.6) is 0 Å². The highest BCUT2D eigenvalue weighted by molar-refractivity contribution is 6.05. The molecule has 1 saturated heterocycles. The van der Waals surface area contributed by atoms with Crippen molar-refractivity contribution in [1.29, 1.82) is 0 Å². The molecule has 3 rings (SSSR count). The number of halogens is 1. The predicted octanol–water partition coefficient (Wildman–Crippen LogP) is 2.84. The first kappa shape index (κ1) is 17.1. The molecule has 1 aromatic heterocycles. The molecule has 132 valence electrons. The molecule has 0 atom stereocenters. The molecular formula is C18H22FN5O. The summed E-state index contributed by atoms with van der Waals surface area (Å²) in [5.41, 5.74) is 1.26. The van der Waals surface area contributed by atoms with Crippen molar-refractivity contribution in [3.63, 3.8) is 0 Å². The molecule has 0 radical (unpaired) electrons. The van der Waals surface area contributed by atoms with Crippen LogP contribution in [0.1, 0.15) is 28.8 Å². The standard InChI is InChI=1S/C18H22FN5O/c1-12-6-7-13(10-14(12)19)17(25)21-15-11-20-18(22-16(15)23(2)3)24-8-4-5-9-24/h6-7,10-11H,4-5,8-9H2,1-3H3,(H,21,25). The average Bonchev–Trinajstić information content (AvgIpc) is 3.12. The summed E-state index contributed by atoms with van der Waals surface area (Å²) in [7, 11) is 3.72. The van der Waals surface area contributed by atoms with Gasteiger partial charge >= 0.3 is 0 Å². The third-order valence-corrected chi connectivity index (χ3v) is 4.25. The largest absolute Gasteiger partial charge is 0.361 e. The topological polar surface area (TPSA) is 61.4 Å². The normalized spacial score (nSPS) is 13.8. The van der Waals surface area contributed by atoms with Gasteiger partial charge in [-0.3, -0.25) is 4.79 Å². The summed E-state index contributed by atoms with van der Waals surface area (Å²) in [5.74, 6) is 0.499. The Hall–Kier alpha value is -2.70. The number of hydrogen-bond acceptors (Lipinski definition) is 5. The lowest BCUT2D eigenvalue weighted by molar-refractivity contribution is 0.102. The lowest BCUT2D eigenvalue weighted by Crippen LogP contribution is -2.23. The van der Waals surface area contributed by atoms with Gasteiger partial charge in [-0.2, -0.15) is 4.98 Å². The minimum atomic E-state index is -0.402. The van der Waals surface area contributed by atoms with Crippen LogP contribution in [0, 0.1) is 12.7 Å². The van der Waals surface area contributed by atoms with Gasteiger partial charge in [-0.15, -0.1) is 0 Å². The number of aromatic nitrogens is 2. The number of anilines is 3. The molecule has 0 saturated carbocycles. The SMILES string of the molecule is Cc1ccc(C(=O)Nc2cnc(N3CCCC3)nc2N(C)C)cc1F. The summed E-state index contributed by atoms with van der Waals surface area (Å²) >= 11 is 0. The van der Waals surface area contributed by atoms with E-state index in [2.05, 4.69) is 20.2 Å². The van der Waals surface area contributed by atoms with Gasteiger partial charge in [0.15, 0.2) is 5.82 Å². The van der Waals surface area contributed by atoms with Crippen LogP contribution in [0.25, 0.3) is 0 Å². The number of amides is 1. The van der Waals surface area contributed by atoms with E-state index in [1.54, 1.807) is 25.3 Å². The molecule has 2 aromatic rings. The molecule has 1 fully saturated rings. The number of nitrogens with one attached hydrogen (secondary N) is 1. The second-order valence-electron chi connectivity index (χ2n) is 6.41. The lowest BCUT2D eigenvalue weighted by atomic mass is 10.1. The third kappa shape index (κ3) is 3.70. The van der Waals surface area contributed by atoms with Crippen molar-refractivity contribution in [2.24, 2.45) is 0 Å². The molecule has 0 aliphatic carbocycles. The average molecular weight is 343 g/mol. The number of hydrogen-bond donors (Lipinski definition) is 1. The van der Waals surface area contributed by atoms with E-state index in [0.29, 0.717) is 23.0 Å². The van der Waals surface area contributed by atoms with Crippen molar-refractivity contribution in [1.82, 2.24) is 9.97 Å². The van der Waals surface area contributed by atoms with Gasteiger partial charge in [-0.25, -0.2) is 9.37 Å². The molecule has 1 aliphatic heterocycles. The highest BCUT2D eigenvalue weighted by atomic mass is 19.1. The Morgan fingerprint density at radius 3 is 2.64 bits per heavy atom. The number of carbonyl (C=O) groups excluding carboxylic acids is 1. The summed E-state index contributed by atoms with van der Waals surface area (Å²) in [5, 5.41) is 2.78. The van der Waals surface area contributed by atoms with E-state index < -0.39 is 5.82 Å². The molecular weight excluding hydrogens is 321 g/mol. The van der Waals surface area contributed by atoms with Gasteiger partial charge in [0.1, 0.15) is 11.5 Å². The van der Waals surface area contributed by atoms with Crippen LogP contribution in [0.4, 0.5) is 21.8 Å². The Morgan fingerprint density at radius 1 is 1.28 bits per heavy atom. The van der Waals surface area contributed by atoms with Crippen LogP contribution in [-0.4, -0.2) is 43.1 Å². The maximum absolute atomic E-state index is 13.7. The number of aryl methyl sites for hydroxylation is 1. The van der Waals surface area contributed by atoms with E-state index >= 15 is 0 Å². The van der Waals surface area contributed by atoms with Gasteiger partial charge in [0.25, 0.3) is 5.91 Å². The Kier molecular flexibility index (Phi) is 4.83. The van der Waals surface area contributed by atoms with Gasteiger partial charge < -0.3 is 15.1 Å². The van der Waals surface area contributed by atoms with Crippen LogP contribution in [0.3, 0.4) is 0 Å². The minimum absolute atomic E-state index is 0.261. The number of nitrogens with zero attached hydrogens (tertiary/aromatic N) is 4. The van der Waals surface area contributed by atoms with Gasteiger partial charge in [0.2, 0.25) is 5.95 Å². The maximum Gasteiger partial charge on any atom is 0.255 e. The molecule has 0 bridgehead atoms. The molecule has 6 nitrogen and oxygen atoms in total. The quantitative estimate of drug-likeness (QED) is 0.925. The van der Waals surface area contributed by atoms with Crippen molar-refractivity contribution < 1.29 is 9.18 Å². The third-order valence-electron chi connectivity index (χ3n) is 4.25. The van der Waals surface area contributed by atoms with Crippen LogP contribution < -0.4 is 15.1 Å². The summed E-state index contributed by atoms with van der Waals surface area (Å²) in [6.45, 7) is 3.55. The molecule has 1 N–H and O–H groups in total. The molecule has 7 heteroatoms. The first-order valence-corrected chi connectivity index (χ1v) is 8.32. The Morgan fingerprint density at radius 2 is 2.00 bits per heavy atom. The van der Waals surface area contributed by atoms with Crippen molar-refractivity contribution in [2.45, 2.75) is 19.8 Å². The molecule has 2 heterocycles. The molecule has 0 unspecified atom stereocenters. The van der Waals surface area contributed by atoms with Crippen molar-refractivity contribution in [2.75, 3.05) is 42.3 Å². The van der Waals surface area contributed by atoms with Crippen molar-refractivity contribution in [3.05, 3.63) is 41.3 Å². The maximum atomic E-state index is 13.7. The Bertz CT molecular complexity index is 787. The zero-order valence-corrected chi connectivity index (χ0v) is 14.7. The zero-order chi connectivity index (χ0) is 18.0. The molecule has 1 aromatic carbocycles. The summed E-state index contributed by atoms with van der Waals surface area (Å²) < 4.78 is 13.7. The monoisotopic (exact) mass is 343 g/mol. The van der Waals surface area contributed by atoms with Crippen molar-refractivity contribution >= 4 is 23.4 Å². The van der Waals surface area contributed by atoms with Crippen LogP contribution in [-0.2, 0) is 0 Å². The van der Waals surface area contributed by atoms with Crippen LogP contribution in [0.2, 0.25) is 0 Å². The van der Waals surface area contributed by atoms with Gasteiger partial charge in [0, 0.05) is 32.7 Å². The first-order chi connectivity index (χ1) is 12.0. The Labute approximate surface area is 146 Å². The lowest BCUT2D eigenvalue weighted by Gasteiger charge is -2.21. The van der Waals surface area contributed by atoms with E-state index in [0.717, 1.165) is 25.9 Å². The van der Waals surface area contributed by atoms with Crippen LogP contribution >= 0.6 is 0 Å². The fourth-order valence-corrected chi connectivity index (χ4v) is 2.79. The van der Waals surface area contributed by atoms with E-state index in [1.807, 2.05) is 19.0 Å². The summed E-state index contributed by atoms with van der Waals surface area (Å²) in [6.07, 6.45) is 3.88. The molecule has 1 amide bonds. The smallest absolute Gasteiger partial charge is 0.255 e. The van der Waals surface area contributed by atoms with Gasteiger partial charge in [0.05, 0.1) is 6.20 Å². The number of carbonyl (C=O) groups is 1. The minimum Gasteiger partial charge on any atom is -0.361 e. The second-order valence-corrected chi connectivity index (χ2v) is 6.41. The number of benzene rings is 1. The van der Waals surface area contributed by atoms with Crippen molar-refractivity contribution in [3.8, 4) is 0 Å². The van der Waals surface area contributed by atoms with Gasteiger partial charge in [-0.05, 0) is 37.5 Å². The highest BCUT2D eigenvalue weighted by Crippen LogP contribution is 2.26. The van der Waals surface area contributed by atoms with Gasteiger partial charge in [-0.1, -0.05) is 6.07 Å². The van der Waals surface area contributed by atoms with E-state index in [9.17, 15) is 9.18 Å². The molecule has 1 aliphatic rings.